The first-order valence-electron chi connectivity index (χ1n) is 10.4. The van der Waals surface area contributed by atoms with Crippen molar-refractivity contribution >= 4 is 10.0 Å². The molecule has 1 saturated heterocycles. The summed E-state index contributed by atoms with van der Waals surface area (Å²) in [4.78, 5) is 6.75. The molecule has 3 rings (SSSR count). The van der Waals surface area contributed by atoms with Crippen molar-refractivity contribution in [3.63, 3.8) is 0 Å². The van der Waals surface area contributed by atoms with Gasteiger partial charge in [-0.1, -0.05) is 35.0 Å². The number of sulfonamides is 1. The van der Waals surface area contributed by atoms with Crippen molar-refractivity contribution in [2.75, 3.05) is 38.5 Å². The summed E-state index contributed by atoms with van der Waals surface area (Å²) in [5.74, 6) is 1.37. The van der Waals surface area contributed by atoms with Gasteiger partial charge in [-0.3, -0.25) is 0 Å². The lowest BCUT2D eigenvalue weighted by Gasteiger charge is -2.33. The van der Waals surface area contributed by atoms with Gasteiger partial charge in [-0.25, -0.2) is 8.42 Å². The van der Waals surface area contributed by atoms with Crippen LogP contribution in [0.4, 0.5) is 0 Å². The predicted molar refractivity (Wildman–Crippen MR) is 114 cm³/mol. The Bertz CT molecular complexity index is 942. The van der Waals surface area contributed by atoms with Gasteiger partial charge in [0, 0.05) is 44.6 Å². The summed E-state index contributed by atoms with van der Waals surface area (Å²) in [6.07, 6.45) is 3.18. The minimum absolute atomic E-state index is 0.134. The van der Waals surface area contributed by atoms with E-state index in [1.54, 1.807) is 4.31 Å². The van der Waals surface area contributed by atoms with Gasteiger partial charge in [-0.15, -0.1) is 0 Å². The van der Waals surface area contributed by atoms with E-state index in [0.29, 0.717) is 50.5 Å². The molecule has 1 aliphatic heterocycles. The molecule has 0 aliphatic carbocycles. The fourth-order valence-corrected chi connectivity index (χ4v) is 5.03. The van der Waals surface area contributed by atoms with Gasteiger partial charge >= 0.3 is 0 Å². The molecule has 2 aromatic rings. The van der Waals surface area contributed by atoms with Crippen LogP contribution in [0.3, 0.4) is 0 Å². The van der Waals surface area contributed by atoms with E-state index in [-0.39, 0.29) is 5.75 Å². The number of aromatic nitrogens is 2. The average Bonchev–Trinajstić information content (AvgIpc) is 3.21. The second kappa shape index (κ2) is 10.7. The molecule has 9 heteroatoms. The van der Waals surface area contributed by atoms with Gasteiger partial charge in [-0.2, -0.15) is 14.6 Å². The fourth-order valence-electron chi connectivity index (χ4n) is 3.48. The van der Waals surface area contributed by atoms with Crippen molar-refractivity contribution < 1.29 is 12.9 Å². The molecular formula is C21H29N5O3S. The van der Waals surface area contributed by atoms with Crippen LogP contribution in [-0.2, 0) is 16.4 Å². The van der Waals surface area contributed by atoms with E-state index in [0.717, 1.165) is 31.6 Å². The molecule has 30 heavy (non-hydrogen) atoms. The van der Waals surface area contributed by atoms with Crippen LogP contribution in [0.15, 0.2) is 28.8 Å². The van der Waals surface area contributed by atoms with E-state index in [4.69, 9.17) is 9.78 Å². The number of hydrogen-bond acceptors (Lipinski definition) is 7. The first-order valence-corrected chi connectivity index (χ1v) is 12.1. The van der Waals surface area contributed by atoms with Gasteiger partial charge in [0.1, 0.15) is 0 Å². The molecule has 2 heterocycles. The summed E-state index contributed by atoms with van der Waals surface area (Å²) < 4.78 is 31.7. The molecule has 0 radical (unpaired) electrons. The summed E-state index contributed by atoms with van der Waals surface area (Å²) >= 11 is 0. The quantitative estimate of drug-likeness (QED) is 0.533. The van der Waals surface area contributed by atoms with Gasteiger partial charge in [0.25, 0.3) is 0 Å². The van der Waals surface area contributed by atoms with Crippen LogP contribution < -0.4 is 0 Å². The van der Waals surface area contributed by atoms with Gasteiger partial charge in [-0.05, 0) is 32.7 Å². The van der Waals surface area contributed by atoms with Crippen LogP contribution in [0, 0.1) is 18.3 Å². The lowest BCUT2D eigenvalue weighted by atomic mass is 10.1. The maximum absolute atomic E-state index is 12.4. The highest BCUT2D eigenvalue weighted by molar-refractivity contribution is 7.89. The van der Waals surface area contributed by atoms with Crippen LogP contribution in [-0.4, -0.2) is 66.2 Å². The molecule has 1 aromatic carbocycles. The van der Waals surface area contributed by atoms with Crippen molar-refractivity contribution in [1.82, 2.24) is 19.3 Å². The van der Waals surface area contributed by atoms with E-state index in [1.807, 2.05) is 31.2 Å². The number of nitrogens with zero attached hydrogens (tertiary/aromatic N) is 5. The molecule has 162 valence electrons. The van der Waals surface area contributed by atoms with Gasteiger partial charge in [0.15, 0.2) is 0 Å². The van der Waals surface area contributed by atoms with Crippen molar-refractivity contribution in [3.8, 4) is 17.5 Å². The minimum atomic E-state index is -3.21. The van der Waals surface area contributed by atoms with Crippen molar-refractivity contribution in [2.45, 2.75) is 39.0 Å². The lowest BCUT2D eigenvalue weighted by Crippen LogP contribution is -2.49. The lowest BCUT2D eigenvalue weighted by molar-refractivity contribution is 0.185. The number of benzene rings is 1. The average molecular weight is 432 g/mol. The van der Waals surface area contributed by atoms with Crippen LogP contribution in [0.25, 0.3) is 11.4 Å². The molecule has 8 nitrogen and oxygen atoms in total. The number of rotatable bonds is 10. The molecule has 1 fully saturated rings. The Morgan fingerprint density at radius 1 is 1.10 bits per heavy atom. The molecule has 0 bridgehead atoms. The van der Waals surface area contributed by atoms with E-state index in [2.05, 4.69) is 21.1 Å². The smallest absolute Gasteiger partial charge is 0.227 e. The zero-order valence-electron chi connectivity index (χ0n) is 17.5. The Morgan fingerprint density at radius 3 is 2.53 bits per heavy atom. The Kier molecular flexibility index (Phi) is 7.96. The number of nitriles is 1. The summed E-state index contributed by atoms with van der Waals surface area (Å²) in [6.45, 7) is 5.43. The maximum atomic E-state index is 12.4. The zero-order chi connectivity index (χ0) is 21.4. The summed E-state index contributed by atoms with van der Waals surface area (Å²) in [5, 5.41) is 12.6. The third kappa shape index (κ3) is 6.36. The molecule has 0 N–H and O–H groups in total. The van der Waals surface area contributed by atoms with Crippen LogP contribution in [0.1, 0.15) is 37.1 Å². The molecule has 1 aromatic heterocycles. The van der Waals surface area contributed by atoms with Crippen LogP contribution >= 0.6 is 0 Å². The Labute approximate surface area is 178 Å². The highest BCUT2D eigenvalue weighted by Gasteiger charge is 2.26. The first-order chi connectivity index (χ1) is 14.5. The van der Waals surface area contributed by atoms with E-state index in [1.165, 1.54) is 5.56 Å². The number of hydrogen-bond donors (Lipinski definition) is 0. The normalized spacial score (nSPS) is 15.9. The Balaban J connectivity index is 1.38. The largest absolute Gasteiger partial charge is 0.339 e. The SMILES string of the molecule is Cc1ccc(-c2noc(CCCN3CCN(S(=O)(=O)CCCCC#N)CC3)n2)cc1. The third-order valence-corrected chi connectivity index (χ3v) is 7.26. The van der Waals surface area contributed by atoms with Gasteiger partial charge in [0.2, 0.25) is 21.7 Å². The molecule has 0 unspecified atom stereocenters. The summed E-state index contributed by atoms with van der Waals surface area (Å²) in [5.41, 5.74) is 2.13. The van der Waals surface area contributed by atoms with Crippen LogP contribution in [0.5, 0.6) is 0 Å². The zero-order valence-corrected chi connectivity index (χ0v) is 18.3. The highest BCUT2D eigenvalue weighted by Crippen LogP contribution is 2.17. The third-order valence-electron chi connectivity index (χ3n) is 5.31. The summed E-state index contributed by atoms with van der Waals surface area (Å²) in [6, 6.07) is 10.1. The predicted octanol–water partition coefficient (Wildman–Crippen LogP) is 2.62. The first kappa shape index (κ1) is 22.4. The Hall–Kier alpha value is -2.28. The second-order valence-corrected chi connectivity index (χ2v) is 9.74. The monoisotopic (exact) mass is 431 g/mol. The molecule has 0 amide bonds. The summed E-state index contributed by atoms with van der Waals surface area (Å²) in [7, 11) is -3.21. The molecule has 0 atom stereocenters. The van der Waals surface area contributed by atoms with Crippen molar-refractivity contribution in [2.24, 2.45) is 0 Å². The Morgan fingerprint density at radius 2 is 1.83 bits per heavy atom. The van der Waals surface area contributed by atoms with Crippen molar-refractivity contribution in [1.29, 1.82) is 5.26 Å². The maximum Gasteiger partial charge on any atom is 0.227 e. The van der Waals surface area contributed by atoms with Gasteiger partial charge in [0.05, 0.1) is 11.8 Å². The molecule has 1 aliphatic rings. The molecular weight excluding hydrogens is 402 g/mol. The number of aryl methyl sites for hydroxylation is 2. The fraction of sp³-hybridized carbons (Fsp3) is 0.571. The van der Waals surface area contributed by atoms with E-state index in [9.17, 15) is 8.42 Å². The van der Waals surface area contributed by atoms with Gasteiger partial charge < -0.3 is 9.42 Å². The van der Waals surface area contributed by atoms with E-state index < -0.39 is 10.0 Å². The minimum Gasteiger partial charge on any atom is -0.339 e. The standard InChI is InChI=1S/C21H29N5O3S/c1-18-7-9-19(10-8-18)21-23-20(29-24-21)6-5-12-25-13-15-26(16-14-25)30(27,28)17-4-2-3-11-22/h7-10H,2-6,12-17H2,1H3. The number of unbranched alkanes of at least 4 members (excludes halogenated alkanes) is 2. The van der Waals surface area contributed by atoms with Crippen LogP contribution in [0.2, 0.25) is 0 Å². The second-order valence-electron chi connectivity index (χ2n) is 7.65. The highest BCUT2D eigenvalue weighted by atomic mass is 32.2. The topological polar surface area (TPSA) is 103 Å². The number of piperazine rings is 1. The van der Waals surface area contributed by atoms with E-state index >= 15 is 0 Å². The molecule has 0 spiro atoms. The molecule has 0 saturated carbocycles. The van der Waals surface area contributed by atoms with Crippen molar-refractivity contribution in [3.05, 3.63) is 35.7 Å².